The first-order chi connectivity index (χ1) is 24.6. The summed E-state index contributed by atoms with van der Waals surface area (Å²) < 4.78 is 16.4. The third-order valence-electron chi connectivity index (χ3n) is 9.84. The second kappa shape index (κ2) is 16.7. The number of ether oxygens (including phenoxy) is 3. The van der Waals surface area contributed by atoms with Crippen LogP contribution in [0.5, 0.6) is 0 Å². The van der Waals surface area contributed by atoms with Gasteiger partial charge in [0.15, 0.2) is 0 Å². The van der Waals surface area contributed by atoms with Gasteiger partial charge in [-0.3, -0.25) is 14.4 Å². The molecule has 2 unspecified atom stereocenters. The predicted octanol–water partition coefficient (Wildman–Crippen LogP) is 6.83. The molecule has 6 rings (SSSR count). The van der Waals surface area contributed by atoms with Gasteiger partial charge in [0, 0.05) is 49.3 Å². The molecule has 1 aromatic heterocycles. The molecule has 0 radical (unpaired) electrons. The van der Waals surface area contributed by atoms with E-state index in [-0.39, 0.29) is 41.9 Å². The van der Waals surface area contributed by atoms with Crippen molar-refractivity contribution >= 4 is 40.9 Å². The molecular formula is C39H48N4O7S. The number of likely N-dealkylation sites (tertiary alicyclic amines) is 1. The molecule has 11 nitrogen and oxygen atoms in total. The van der Waals surface area contributed by atoms with Crippen LogP contribution < -0.4 is 16.0 Å². The molecule has 0 spiro atoms. The number of carbonyl (C=O) groups is 4. The van der Waals surface area contributed by atoms with Crippen LogP contribution in [0.1, 0.15) is 96.0 Å². The van der Waals surface area contributed by atoms with Crippen molar-refractivity contribution in [2.75, 3.05) is 31.6 Å². The summed E-state index contributed by atoms with van der Waals surface area (Å²) in [6, 6.07) is 17.2. The second-order valence-corrected chi connectivity index (χ2v) is 14.9. The maximum atomic E-state index is 13.5. The van der Waals surface area contributed by atoms with Crippen LogP contribution in [0.4, 0.5) is 10.5 Å². The van der Waals surface area contributed by atoms with E-state index in [1.54, 1.807) is 11.8 Å². The number of anilines is 1. The Morgan fingerprint density at radius 3 is 2.49 bits per heavy atom. The van der Waals surface area contributed by atoms with Crippen molar-refractivity contribution in [1.82, 2.24) is 15.5 Å². The molecule has 0 bridgehead atoms. The minimum absolute atomic E-state index is 0.0110. The van der Waals surface area contributed by atoms with Gasteiger partial charge in [-0.2, -0.15) is 0 Å². The average Bonchev–Trinajstić information content (AvgIpc) is 3.83. The monoisotopic (exact) mass is 716 g/mol. The molecule has 1 saturated carbocycles. The van der Waals surface area contributed by atoms with E-state index in [9.17, 15) is 19.2 Å². The number of rotatable bonds is 12. The highest BCUT2D eigenvalue weighted by atomic mass is 32.1. The van der Waals surface area contributed by atoms with Crippen molar-refractivity contribution in [1.29, 1.82) is 0 Å². The smallest absolute Gasteiger partial charge is 0.412 e. The topological polar surface area (TPSA) is 135 Å². The van der Waals surface area contributed by atoms with Crippen LogP contribution in [-0.2, 0) is 19.0 Å². The number of aryl methyl sites for hydroxylation is 1. The number of hydrogen-bond acceptors (Lipinski definition) is 9. The SMILES string of the molecule is Cc1ccc(NC2CN(C(=O)OC(C)OC(=O)C3CCCCC3)C2)cc1C(=O)N[C@H](C)c1cccc(-c2ccc(C(=O)NCC3CCCO3)s2)c1. The van der Waals surface area contributed by atoms with Gasteiger partial charge in [0.1, 0.15) is 0 Å². The number of benzene rings is 2. The minimum Gasteiger partial charge on any atom is -0.425 e. The first-order valence-corrected chi connectivity index (χ1v) is 18.9. The lowest BCUT2D eigenvalue weighted by Gasteiger charge is -2.39. The lowest BCUT2D eigenvalue weighted by molar-refractivity contribution is -0.172. The second-order valence-electron chi connectivity index (χ2n) is 13.8. The van der Waals surface area contributed by atoms with Crippen LogP contribution in [0.2, 0.25) is 0 Å². The first kappa shape index (κ1) is 36.4. The standard InChI is InChI=1S/C39H48N4O7S/c1-24-14-15-30(42-31-22-43(23-31)39(47)50-26(3)49-38(46)27-9-5-4-6-10-27)20-33(24)36(44)41-25(2)28-11-7-12-29(19-28)34-16-17-35(51-34)37(45)40-21-32-13-8-18-48-32/h7,11-12,14-17,19-20,25-27,31-32,42H,4-6,8-10,13,18,21-23H2,1-3H3,(H,40,45)(H,41,44)/t25-,26?,32?/m1/s1. The van der Waals surface area contributed by atoms with Crippen LogP contribution in [0, 0.1) is 12.8 Å². The lowest BCUT2D eigenvalue weighted by Crippen LogP contribution is -2.57. The largest absolute Gasteiger partial charge is 0.425 e. The van der Waals surface area contributed by atoms with E-state index in [2.05, 4.69) is 16.0 Å². The number of nitrogens with zero attached hydrogens (tertiary/aromatic N) is 1. The van der Waals surface area contributed by atoms with Gasteiger partial charge in [-0.1, -0.05) is 43.5 Å². The highest BCUT2D eigenvalue weighted by molar-refractivity contribution is 7.17. The highest BCUT2D eigenvalue weighted by Crippen LogP contribution is 2.31. The van der Waals surface area contributed by atoms with Crippen LogP contribution in [0.25, 0.3) is 10.4 Å². The number of nitrogens with one attached hydrogen (secondary N) is 3. The summed E-state index contributed by atoms with van der Waals surface area (Å²) in [4.78, 5) is 54.4. The van der Waals surface area contributed by atoms with E-state index in [1.807, 2.05) is 68.4 Å². The van der Waals surface area contributed by atoms with Crippen molar-refractivity contribution in [2.24, 2.45) is 5.92 Å². The Kier molecular flexibility index (Phi) is 11.9. The van der Waals surface area contributed by atoms with E-state index in [0.29, 0.717) is 30.1 Å². The third kappa shape index (κ3) is 9.48. The van der Waals surface area contributed by atoms with Gasteiger partial charge in [-0.15, -0.1) is 11.3 Å². The molecule has 3 aliphatic rings. The minimum atomic E-state index is -0.939. The van der Waals surface area contributed by atoms with Crippen molar-refractivity contribution in [3.05, 3.63) is 76.2 Å². The van der Waals surface area contributed by atoms with Crippen LogP contribution >= 0.6 is 11.3 Å². The van der Waals surface area contributed by atoms with E-state index in [4.69, 9.17) is 14.2 Å². The fourth-order valence-corrected chi connectivity index (χ4v) is 7.70. The van der Waals surface area contributed by atoms with Gasteiger partial charge in [0.05, 0.1) is 29.0 Å². The number of hydrogen-bond donors (Lipinski definition) is 3. The molecule has 2 aromatic carbocycles. The molecule has 3 aromatic rings. The summed E-state index contributed by atoms with van der Waals surface area (Å²) in [6.07, 6.45) is 5.48. The molecule has 1 aliphatic carbocycles. The van der Waals surface area contributed by atoms with Crippen molar-refractivity contribution in [3.63, 3.8) is 0 Å². The van der Waals surface area contributed by atoms with Crippen molar-refractivity contribution in [2.45, 2.75) is 90.2 Å². The van der Waals surface area contributed by atoms with Gasteiger partial charge in [0.2, 0.25) is 6.29 Å². The third-order valence-corrected chi connectivity index (χ3v) is 11.0. The molecule has 2 saturated heterocycles. The first-order valence-electron chi connectivity index (χ1n) is 18.1. The van der Waals surface area contributed by atoms with Crippen molar-refractivity contribution < 1.29 is 33.4 Å². The molecule has 3 amide bonds. The average molecular weight is 717 g/mol. The summed E-state index contributed by atoms with van der Waals surface area (Å²) >= 11 is 1.44. The molecule has 3 heterocycles. The summed E-state index contributed by atoms with van der Waals surface area (Å²) in [5.74, 6) is -0.684. The van der Waals surface area contributed by atoms with E-state index >= 15 is 0 Å². The van der Waals surface area contributed by atoms with Gasteiger partial charge in [-0.05, 0) is 86.6 Å². The van der Waals surface area contributed by atoms with E-state index in [0.717, 1.165) is 78.8 Å². The van der Waals surface area contributed by atoms with E-state index in [1.165, 1.54) is 11.3 Å². The fourth-order valence-electron chi connectivity index (χ4n) is 6.78. The highest BCUT2D eigenvalue weighted by Gasteiger charge is 2.34. The normalized spacial score (nSPS) is 19.0. The zero-order valence-electron chi connectivity index (χ0n) is 29.6. The molecule has 2 aliphatic heterocycles. The molecule has 3 fully saturated rings. The number of carbonyl (C=O) groups excluding carboxylic acids is 4. The maximum absolute atomic E-state index is 13.5. The van der Waals surface area contributed by atoms with Crippen LogP contribution in [0.15, 0.2) is 54.6 Å². The van der Waals surface area contributed by atoms with Crippen LogP contribution in [-0.4, -0.2) is 73.5 Å². The Morgan fingerprint density at radius 2 is 1.73 bits per heavy atom. The summed E-state index contributed by atoms with van der Waals surface area (Å²) in [5, 5.41) is 9.53. The Morgan fingerprint density at radius 1 is 0.922 bits per heavy atom. The fraction of sp³-hybridized carbons (Fsp3) is 0.487. The zero-order valence-corrected chi connectivity index (χ0v) is 30.4. The summed E-state index contributed by atoms with van der Waals surface area (Å²) in [5.41, 5.74) is 4.11. The number of thiophene rings is 1. The molecule has 3 N–H and O–H groups in total. The summed E-state index contributed by atoms with van der Waals surface area (Å²) in [7, 11) is 0. The Bertz CT molecular complexity index is 1710. The lowest BCUT2D eigenvalue weighted by atomic mass is 9.89. The quantitative estimate of drug-likeness (QED) is 0.137. The van der Waals surface area contributed by atoms with Crippen LogP contribution in [0.3, 0.4) is 0 Å². The summed E-state index contributed by atoms with van der Waals surface area (Å²) in [6.45, 7) is 7.55. The Hall–Kier alpha value is -4.42. The zero-order chi connectivity index (χ0) is 35.9. The van der Waals surface area contributed by atoms with Gasteiger partial charge < -0.3 is 35.1 Å². The Labute approximate surface area is 303 Å². The number of amides is 3. The van der Waals surface area contributed by atoms with Gasteiger partial charge in [-0.25, -0.2) is 4.79 Å². The molecular weight excluding hydrogens is 669 g/mol. The molecule has 51 heavy (non-hydrogen) atoms. The maximum Gasteiger partial charge on any atom is 0.412 e. The molecule has 3 atom stereocenters. The molecule has 272 valence electrons. The van der Waals surface area contributed by atoms with Crippen molar-refractivity contribution in [3.8, 4) is 10.4 Å². The van der Waals surface area contributed by atoms with E-state index < -0.39 is 12.4 Å². The number of esters is 1. The van der Waals surface area contributed by atoms with Gasteiger partial charge in [0.25, 0.3) is 11.8 Å². The van der Waals surface area contributed by atoms with Gasteiger partial charge >= 0.3 is 12.1 Å². The molecule has 12 heteroatoms. The predicted molar refractivity (Wildman–Crippen MR) is 196 cm³/mol. The Balaban J connectivity index is 0.978.